The van der Waals surface area contributed by atoms with Crippen molar-refractivity contribution < 1.29 is 32.3 Å². The summed E-state index contributed by atoms with van der Waals surface area (Å²) in [5, 5.41) is 4.23. The van der Waals surface area contributed by atoms with Crippen LogP contribution in [0.15, 0.2) is 53.5 Å². The summed E-state index contributed by atoms with van der Waals surface area (Å²) in [6.45, 7) is 2.51. The number of hydrogen-bond acceptors (Lipinski definition) is 9. The number of ether oxygens (including phenoxy) is 2. The van der Waals surface area contributed by atoms with Gasteiger partial charge < -0.3 is 19.7 Å². The molecule has 4 rings (SSSR count). The molecule has 0 saturated carbocycles. The van der Waals surface area contributed by atoms with E-state index in [9.17, 15) is 18.5 Å². The molecule has 2 heterocycles. The van der Waals surface area contributed by atoms with Crippen LogP contribution >= 0.6 is 19.3 Å². The Hall–Kier alpha value is -3.02. The molecule has 3 N–H and O–H groups in total. The molecule has 1 aromatic heterocycles. The summed E-state index contributed by atoms with van der Waals surface area (Å²) in [7, 11) is -4.18. The van der Waals surface area contributed by atoms with E-state index in [1.807, 2.05) is 24.3 Å². The second kappa shape index (κ2) is 11.8. The van der Waals surface area contributed by atoms with E-state index in [-0.39, 0.29) is 35.7 Å². The molecule has 14 heteroatoms. The SMILES string of the molecule is CC(C)OC(=O)CNP(=O)(OCC1CC(F)C(n2cc(Cl)c(N)nc2=O)O1)Oc1ccc2ccccc2c1. The fraction of sp³-hybridized carbons (Fsp3) is 0.375. The van der Waals surface area contributed by atoms with Gasteiger partial charge in [0.05, 0.1) is 23.8 Å². The molecule has 1 aliphatic rings. The van der Waals surface area contributed by atoms with Crippen LogP contribution in [0.2, 0.25) is 5.02 Å². The fourth-order valence-electron chi connectivity index (χ4n) is 3.81. The van der Waals surface area contributed by atoms with Crippen molar-refractivity contribution in [1.82, 2.24) is 14.6 Å². The topological polar surface area (TPSA) is 144 Å². The molecule has 1 aliphatic heterocycles. The second-order valence-electron chi connectivity index (χ2n) is 8.83. The number of nitrogens with one attached hydrogen (secondary N) is 1. The zero-order chi connectivity index (χ0) is 27.4. The Morgan fingerprint density at radius 3 is 2.79 bits per heavy atom. The van der Waals surface area contributed by atoms with E-state index in [4.69, 9.17) is 35.9 Å². The number of esters is 1. The first kappa shape index (κ1) is 28.0. The van der Waals surface area contributed by atoms with Crippen molar-refractivity contribution in [3.63, 3.8) is 0 Å². The maximum Gasteiger partial charge on any atom is 0.459 e. The lowest BCUT2D eigenvalue weighted by Crippen LogP contribution is -2.31. The maximum absolute atomic E-state index is 14.8. The number of nitrogens with two attached hydrogens (primary N) is 1. The lowest BCUT2D eigenvalue weighted by atomic mass is 10.1. The number of halogens is 2. The number of fused-ring (bicyclic) bond motifs is 1. The third-order valence-corrected chi connectivity index (χ3v) is 7.28. The Morgan fingerprint density at radius 2 is 2.05 bits per heavy atom. The third kappa shape index (κ3) is 6.89. The van der Waals surface area contributed by atoms with Gasteiger partial charge >= 0.3 is 19.4 Å². The molecule has 0 bridgehead atoms. The minimum absolute atomic E-state index is 0.0362. The lowest BCUT2D eigenvalue weighted by molar-refractivity contribution is -0.145. The molecule has 4 atom stereocenters. The van der Waals surface area contributed by atoms with Gasteiger partial charge in [-0.25, -0.2) is 18.8 Å². The van der Waals surface area contributed by atoms with Gasteiger partial charge in [0.15, 0.2) is 6.23 Å². The van der Waals surface area contributed by atoms with E-state index < -0.39 is 44.5 Å². The first-order valence-corrected chi connectivity index (χ1v) is 13.7. The molecule has 3 aromatic rings. The highest BCUT2D eigenvalue weighted by atomic mass is 35.5. The average Bonchev–Trinajstić information content (AvgIpc) is 3.23. The van der Waals surface area contributed by atoms with Crippen LogP contribution in [0, 0.1) is 0 Å². The number of anilines is 1. The van der Waals surface area contributed by atoms with Crippen molar-refractivity contribution in [3.05, 3.63) is 64.2 Å². The number of benzene rings is 2. The number of nitrogens with zero attached hydrogens (tertiary/aromatic N) is 2. The van der Waals surface area contributed by atoms with Gasteiger partial charge in [-0.3, -0.25) is 13.9 Å². The minimum atomic E-state index is -4.18. The highest BCUT2D eigenvalue weighted by Crippen LogP contribution is 2.46. The molecule has 1 fully saturated rings. The van der Waals surface area contributed by atoms with Crippen LogP contribution in [0.5, 0.6) is 5.75 Å². The minimum Gasteiger partial charge on any atom is -0.462 e. The van der Waals surface area contributed by atoms with E-state index in [1.165, 1.54) is 0 Å². The predicted octanol–water partition coefficient (Wildman–Crippen LogP) is 4.00. The van der Waals surface area contributed by atoms with Gasteiger partial charge in [0, 0.05) is 12.6 Å². The summed E-state index contributed by atoms with van der Waals surface area (Å²) in [6.07, 6.45) is -3.27. The van der Waals surface area contributed by atoms with E-state index in [1.54, 1.807) is 32.0 Å². The van der Waals surface area contributed by atoms with E-state index in [0.717, 1.165) is 21.5 Å². The molecular formula is C24H27ClFN4O7P. The number of carbonyl (C=O) groups excluding carboxylic acids is 1. The van der Waals surface area contributed by atoms with E-state index in [2.05, 4.69) is 10.1 Å². The Labute approximate surface area is 222 Å². The Morgan fingerprint density at radius 1 is 1.32 bits per heavy atom. The largest absolute Gasteiger partial charge is 0.462 e. The lowest BCUT2D eigenvalue weighted by Gasteiger charge is -2.22. The Balaban J connectivity index is 1.48. The number of aromatic nitrogens is 2. The van der Waals surface area contributed by atoms with Crippen LogP contribution in [-0.2, 0) is 23.4 Å². The Bertz CT molecular complexity index is 1420. The zero-order valence-electron chi connectivity index (χ0n) is 20.6. The first-order chi connectivity index (χ1) is 18.0. The summed E-state index contributed by atoms with van der Waals surface area (Å²) >= 11 is 5.93. The molecular weight excluding hydrogens is 542 g/mol. The van der Waals surface area contributed by atoms with Gasteiger partial charge in [-0.2, -0.15) is 4.98 Å². The van der Waals surface area contributed by atoms with E-state index in [0.29, 0.717) is 0 Å². The molecule has 1 saturated heterocycles. The summed E-state index contributed by atoms with van der Waals surface area (Å²) in [6, 6.07) is 12.6. The van der Waals surface area contributed by atoms with E-state index >= 15 is 0 Å². The highest BCUT2D eigenvalue weighted by Gasteiger charge is 2.39. The summed E-state index contributed by atoms with van der Waals surface area (Å²) in [5.74, 6) is -0.631. The van der Waals surface area contributed by atoms with Crippen LogP contribution in [0.4, 0.5) is 10.2 Å². The fourth-order valence-corrected chi connectivity index (χ4v) is 5.24. The number of alkyl halides is 1. The monoisotopic (exact) mass is 568 g/mol. The summed E-state index contributed by atoms with van der Waals surface area (Å²) in [5.41, 5.74) is 4.68. The number of carbonyl (C=O) groups is 1. The number of rotatable bonds is 10. The molecule has 0 radical (unpaired) electrons. The molecule has 0 spiro atoms. The quantitative estimate of drug-likeness (QED) is 0.272. The predicted molar refractivity (Wildman–Crippen MR) is 139 cm³/mol. The zero-order valence-corrected chi connectivity index (χ0v) is 22.2. The van der Waals surface area contributed by atoms with Gasteiger partial charge in [-0.15, -0.1) is 0 Å². The summed E-state index contributed by atoms with van der Waals surface area (Å²) < 4.78 is 51.3. The first-order valence-electron chi connectivity index (χ1n) is 11.7. The highest BCUT2D eigenvalue weighted by molar-refractivity contribution is 7.52. The van der Waals surface area contributed by atoms with Crippen molar-refractivity contribution in [2.45, 2.75) is 44.9 Å². The van der Waals surface area contributed by atoms with Crippen molar-refractivity contribution in [1.29, 1.82) is 0 Å². The average molecular weight is 569 g/mol. The van der Waals surface area contributed by atoms with Crippen LogP contribution in [0.25, 0.3) is 10.8 Å². The molecule has 11 nitrogen and oxygen atoms in total. The normalized spacial score (nSPS) is 20.9. The van der Waals surface area contributed by atoms with Crippen LogP contribution in [0.1, 0.15) is 26.5 Å². The van der Waals surface area contributed by atoms with Gasteiger partial charge in [-0.1, -0.05) is 41.9 Å². The molecule has 4 unspecified atom stereocenters. The number of hydrogen-bond donors (Lipinski definition) is 2. The molecule has 38 heavy (non-hydrogen) atoms. The van der Waals surface area contributed by atoms with Crippen molar-refractivity contribution in [2.75, 3.05) is 18.9 Å². The van der Waals surface area contributed by atoms with Crippen LogP contribution in [-0.4, -0.2) is 47.1 Å². The van der Waals surface area contributed by atoms with Gasteiger partial charge in [0.1, 0.15) is 24.3 Å². The standard InChI is InChI=1S/C24H27ClFN4O7P/c1-14(2)35-21(31)11-28-38(33,37-17-8-7-15-5-3-4-6-16(15)9-17)34-13-18-10-20(26)23(36-18)30-12-19(25)22(27)29-24(30)32/h3-9,12,14,18,20,23H,10-11,13H2,1-2H3,(H,28,33)(H2,27,29,32). The second-order valence-corrected chi connectivity index (χ2v) is 11.0. The molecule has 204 valence electrons. The summed E-state index contributed by atoms with van der Waals surface area (Å²) in [4.78, 5) is 27.8. The molecule has 0 aliphatic carbocycles. The number of nitrogen functional groups attached to an aromatic ring is 1. The van der Waals surface area contributed by atoms with Crippen molar-refractivity contribution >= 4 is 41.9 Å². The van der Waals surface area contributed by atoms with Gasteiger partial charge in [0.2, 0.25) is 0 Å². The third-order valence-electron chi connectivity index (χ3n) is 5.50. The van der Waals surface area contributed by atoms with Crippen molar-refractivity contribution in [3.8, 4) is 5.75 Å². The van der Waals surface area contributed by atoms with Gasteiger partial charge in [-0.05, 0) is 36.8 Å². The molecule has 2 aromatic carbocycles. The van der Waals surface area contributed by atoms with Gasteiger partial charge in [0.25, 0.3) is 0 Å². The Kier molecular flexibility index (Phi) is 8.69. The van der Waals surface area contributed by atoms with Crippen LogP contribution < -0.4 is 21.0 Å². The molecule has 0 amide bonds. The maximum atomic E-state index is 14.8. The van der Waals surface area contributed by atoms with Crippen molar-refractivity contribution in [2.24, 2.45) is 0 Å². The van der Waals surface area contributed by atoms with Crippen LogP contribution in [0.3, 0.4) is 0 Å². The smallest absolute Gasteiger partial charge is 0.459 e.